The number of hydrogen-bond acceptors (Lipinski definition) is 4. The average molecular weight is 433 g/mol. The Morgan fingerprint density at radius 3 is 2.85 bits per heavy atom. The Hall–Kier alpha value is -2.54. The lowest BCUT2D eigenvalue weighted by Gasteiger charge is -2.29. The second kappa shape index (κ2) is 8.43. The number of rotatable bonds is 6. The summed E-state index contributed by atoms with van der Waals surface area (Å²) in [7, 11) is 1.61. The van der Waals surface area contributed by atoms with Crippen molar-refractivity contribution in [1.82, 2.24) is 5.32 Å². The van der Waals surface area contributed by atoms with E-state index in [9.17, 15) is 9.59 Å². The van der Waals surface area contributed by atoms with Crippen LogP contribution in [-0.4, -0.2) is 32.1 Å². The van der Waals surface area contributed by atoms with Crippen LogP contribution in [0.1, 0.15) is 24.9 Å². The van der Waals surface area contributed by atoms with Crippen LogP contribution in [0.3, 0.4) is 0 Å². The highest BCUT2D eigenvalue weighted by Gasteiger charge is 2.25. The molecule has 2 amide bonds. The van der Waals surface area contributed by atoms with Gasteiger partial charge >= 0.3 is 0 Å². The molecule has 1 aliphatic rings. The van der Waals surface area contributed by atoms with Gasteiger partial charge in [-0.25, -0.2) is 0 Å². The molecule has 0 fully saturated rings. The van der Waals surface area contributed by atoms with Crippen molar-refractivity contribution in [3.05, 3.63) is 52.5 Å². The second-order valence-electron chi connectivity index (χ2n) is 6.23. The molecule has 0 aliphatic carbocycles. The summed E-state index contributed by atoms with van der Waals surface area (Å²) in [4.78, 5) is 26.1. The van der Waals surface area contributed by atoms with Crippen LogP contribution in [0.25, 0.3) is 0 Å². The highest BCUT2D eigenvalue weighted by molar-refractivity contribution is 9.10. The summed E-state index contributed by atoms with van der Waals surface area (Å²) in [6.45, 7) is 2.22. The SMILES string of the molecule is COc1ccc(C(C)NC(=O)CCN2C(=O)COc3ccccc32)cc1Br. The average Bonchev–Trinajstić information content (AvgIpc) is 2.67. The Kier molecular flexibility index (Phi) is 6.01. The number of benzene rings is 2. The first kappa shape index (κ1) is 19.2. The molecule has 0 bridgehead atoms. The van der Waals surface area contributed by atoms with E-state index in [4.69, 9.17) is 9.47 Å². The van der Waals surface area contributed by atoms with E-state index in [-0.39, 0.29) is 30.9 Å². The molecule has 1 aliphatic heterocycles. The van der Waals surface area contributed by atoms with Crippen LogP contribution < -0.4 is 19.7 Å². The smallest absolute Gasteiger partial charge is 0.265 e. The van der Waals surface area contributed by atoms with E-state index in [2.05, 4.69) is 21.2 Å². The van der Waals surface area contributed by atoms with Crippen molar-refractivity contribution >= 4 is 33.4 Å². The van der Waals surface area contributed by atoms with Crippen molar-refractivity contribution in [2.75, 3.05) is 25.2 Å². The van der Waals surface area contributed by atoms with Crippen molar-refractivity contribution < 1.29 is 19.1 Å². The van der Waals surface area contributed by atoms with Gasteiger partial charge in [-0.1, -0.05) is 18.2 Å². The Morgan fingerprint density at radius 1 is 1.33 bits per heavy atom. The summed E-state index contributed by atoms with van der Waals surface area (Å²) in [6, 6.07) is 12.9. The van der Waals surface area contributed by atoms with Gasteiger partial charge < -0.3 is 19.7 Å². The summed E-state index contributed by atoms with van der Waals surface area (Å²) < 4.78 is 11.5. The number of carbonyl (C=O) groups is 2. The fraction of sp³-hybridized carbons (Fsp3) is 0.300. The number of halogens is 1. The van der Waals surface area contributed by atoms with E-state index in [0.717, 1.165) is 15.8 Å². The second-order valence-corrected chi connectivity index (χ2v) is 7.09. The van der Waals surface area contributed by atoms with Gasteiger partial charge in [0.2, 0.25) is 5.91 Å². The van der Waals surface area contributed by atoms with Crippen molar-refractivity contribution in [3.63, 3.8) is 0 Å². The van der Waals surface area contributed by atoms with E-state index in [0.29, 0.717) is 18.0 Å². The van der Waals surface area contributed by atoms with Gasteiger partial charge in [0.05, 0.1) is 23.3 Å². The molecule has 2 aromatic rings. The maximum absolute atomic E-state index is 12.4. The zero-order valence-corrected chi connectivity index (χ0v) is 16.8. The molecule has 0 aromatic heterocycles. The molecular weight excluding hydrogens is 412 g/mol. The van der Waals surface area contributed by atoms with Crippen LogP contribution in [0.15, 0.2) is 46.9 Å². The zero-order chi connectivity index (χ0) is 19.4. The van der Waals surface area contributed by atoms with Crippen LogP contribution >= 0.6 is 15.9 Å². The molecule has 1 N–H and O–H groups in total. The first-order valence-corrected chi connectivity index (χ1v) is 9.44. The number of nitrogens with one attached hydrogen (secondary N) is 1. The lowest BCUT2D eigenvalue weighted by molar-refractivity contribution is -0.122. The number of carbonyl (C=O) groups excluding carboxylic acids is 2. The highest BCUT2D eigenvalue weighted by atomic mass is 79.9. The van der Waals surface area contributed by atoms with E-state index in [1.807, 2.05) is 49.4 Å². The number of methoxy groups -OCH3 is 1. The molecular formula is C20H21BrN2O4. The predicted molar refractivity (Wildman–Crippen MR) is 106 cm³/mol. The van der Waals surface area contributed by atoms with Gasteiger partial charge in [0.15, 0.2) is 6.61 Å². The zero-order valence-electron chi connectivity index (χ0n) is 15.2. The third-order valence-corrected chi connectivity index (χ3v) is 5.04. The lowest BCUT2D eigenvalue weighted by Crippen LogP contribution is -2.41. The maximum Gasteiger partial charge on any atom is 0.265 e. The molecule has 3 rings (SSSR count). The number of para-hydroxylation sites is 2. The molecule has 142 valence electrons. The molecule has 0 saturated heterocycles. The topological polar surface area (TPSA) is 67.9 Å². The Balaban J connectivity index is 1.60. The minimum absolute atomic E-state index is 0.00505. The first-order valence-electron chi connectivity index (χ1n) is 8.64. The summed E-state index contributed by atoms with van der Waals surface area (Å²) in [6.07, 6.45) is 0.210. The largest absolute Gasteiger partial charge is 0.496 e. The summed E-state index contributed by atoms with van der Waals surface area (Å²) in [5.74, 6) is 1.13. The van der Waals surface area contributed by atoms with Gasteiger partial charge in [0.1, 0.15) is 11.5 Å². The van der Waals surface area contributed by atoms with Crippen LogP contribution in [0.4, 0.5) is 5.69 Å². The number of hydrogen-bond donors (Lipinski definition) is 1. The van der Waals surface area contributed by atoms with E-state index < -0.39 is 0 Å². The number of fused-ring (bicyclic) bond motifs is 1. The fourth-order valence-electron chi connectivity index (χ4n) is 2.96. The van der Waals surface area contributed by atoms with Crippen molar-refractivity contribution in [1.29, 1.82) is 0 Å². The van der Waals surface area contributed by atoms with Crippen molar-refractivity contribution in [2.45, 2.75) is 19.4 Å². The summed E-state index contributed by atoms with van der Waals surface area (Å²) in [5.41, 5.74) is 1.66. The first-order chi connectivity index (χ1) is 13.0. The Bertz CT molecular complexity index is 856. The third-order valence-electron chi connectivity index (χ3n) is 4.42. The van der Waals surface area contributed by atoms with Gasteiger partial charge in [-0.05, 0) is 52.7 Å². The molecule has 1 atom stereocenters. The third kappa shape index (κ3) is 4.42. The molecule has 27 heavy (non-hydrogen) atoms. The van der Waals surface area contributed by atoms with Crippen LogP contribution in [-0.2, 0) is 9.59 Å². The van der Waals surface area contributed by atoms with Crippen LogP contribution in [0, 0.1) is 0 Å². The maximum atomic E-state index is 12.4. The Labute approximate surface area is 166 Å². The number of ether oxygens (including phenoxy) is 2. The molecule has 0 saturated carbocycles. The van der Waals surface area contributed by atoms with E-state index >= 15 is 0 Å². The predicted octanol–water partition coefficient (Wildman–Crippen LogP) is 3.45. The molecule has 7 heteroatoms. The molecule has 0 radical (unpaired) electrons. The number of amides is 2. The normalized spacial score (nSPS) is 14.2. The van der Waals surface area contributed by atoms with Gasteiger partial charge in [-0.15, -0.1) is 0 Å². The van der Waals surface area contributed by atoms with Crippen LogP contribution in [0.5, 0.6) is 11.5 Å². The van der Waals surface area contributed by atoms with Crippen LogP contribution in [0.2, 0.25) is 0 Å². The Morgan fingerprint density at radius 2 is 2.11 bits per heavy atom. The lowest BCUT2D eigenvalue weighted by atomic mass is 10.1. The molecule has 1 unspecified atom stereocenters. The quantitative estimate of drug-likeness (QED) is 0.758. The number of nitrogens with zero attached hydrogens (tertiary/aromatic N) is 1. The minimum Gasteiger partial charge on any atom is -0.496 e. The van der Waals surface area contributed by atoms with Crippen molar-refractivity contribution in [2.24, 2.45) is 0 Å². The highest BCUT2D eigenvalue weighted by Crippen LogP contribution is 2.31. The van der Waals surface area contributed by atoms with Gasteiger partial charge in [0.25, 0.3) is 5.91 Å². The summed E-state index contributed by atoms with van der Waals surface area (Å²) in [5, 5.41) is 2.97. The standard InChI is InChI=1S/C20H21BrN2O4/c1-13(14-7-8-17(26-2)15(21)11-14)22-19(24)9-10-23-16-5-3-4-6-18(16)27-12-20(23)25/h3-8,11,13H,9-10,12H2,1-2H3,(H,22,24). The van der Waals surface area contributed by atoms with E-state index in [1.165, 1.54) is 0 Å². The van der Waals surface area contributed by atoms with Crippen molar-refractivity contribution in [3.8, 4) is 11.5 Å². The monoisotopic (exact) mass is 432 g/mol. The summed E-state index contributed by atoms with van der Waals surface area (Å²) >= 11 is 3.45. The fourth-order valence-corrected chi connectivity index (χ4v) is 3.52. The van der Waals surface area contributed by atoms with Gasteiger partial charge in [-0.3, -0.25) is 9.59 Å². The molecule has 2 aromatic carbocycles. The molecule has 1 heterocycles. The number of anilines is 1. The van der Waals surface area contributed by atoms with E-state index in [1.54, 1.807) is 12.0 Å². The van der Waals surface area contributed by atoms with Gasteiger partial charge in [0, 0.05) is 13.0 Å². The van der Waals surface area contributed by atoms with Gasteiger partial charge in [-0.2, -0.15) is 0 Å². The minimum atomic E-state index is -0.160. The molecule has 0 spiro atoms. The molecule has 6 nitrogen and oxygen atoms in total.